The summed E-state index contributed by atoms with van der Waals surface area (Å²) in [6.07, 6.45) is 3.01. The standard InChI is InChI=1S/C21H42N2O3S/c1-9-20(8,10-2)22-16(7)18(24)21(11-3,12-4)23-17(19(25)26)15(6)14-27-13-5/h15-17,22-23H,9-14H2,1-8H3,(H,25,26). The number of nitrogens with one attached hydrogen (secondary N) is 2. The van der Waals surface area contributed by atoms with Crippen LogP contribution in [0.3, 0.4) is 0 Å². The molecular formula is C21H42N2O3S. The van der Waals surface area contributed by atoms with Gasteiger partial charge in [0, 0.05) is 5.54 Å². The third-order valence-corrected chi connectivity index (χ3v) is 7.22. The van der Waals surface area contributed by atoms with Gasteiger partial charge in [0.2, 0.25) is 0 Å². The van der Waals surface area contributed by atoms with E-state index in [0.29, 0.717) is 12.8 Å². The van der Waals surface area contributed by atoms with Gasteiger partial charge in [-0.15, -0.1) is 0 Å². The van der Waals surface area contributed by atoms with Crippen LogP contribution >= 0.6 is 11.8 Å². The molecule has 27 heavy (non-hydrogen) atoms. The smallest absolute Gasteiger partial charge is 0.321 e. The molecule has 0 radical (unpaired) electrons. The Hall–Kier alpha value is -0.590. The molecule has 0 aromatic carbocycles. The molecule has 3 N–H and O–H groups in total. The molecule has 0 aromatic heterocycles. The fourth-order valence-corrected chi connectivity index (χ4v) is 4.28. The number of carbonyl (C=O) groups is 2. The van der Waals surface area contributed by atoms with Crippen LogP contribution in [0.4, 0.5) is 0 Å². The van der Waals surface area contributed by atoms with Crippen molar-refractivity contribution < 1.29 is 14.7 Å². The average molecular weight is 403 g/mol. The highest BCUT2D eigenvalue weighted by molar-refractivity contribution is 7.99. The van der Waals surface area contributed by atoms with Crippen molar-refractivity contribution in [3.63, 3.8) is 0 Å². The van der Waals surface area contributed by atoms with E-state index in [1.807, 2.05) is 27.7 Å². The first kappa shape index (κ1) is 26.4. The normalized spacial score (nSPS) is 16.0. The predicted octanol–water partition coefficient (Wildman–Crippen LogP) is 4.10. The number of carboxylic acid groups (broad SMARTS) is 1. The monoisotopic (exact) mass is 402 g/mol. The van der Waals surface area contributed by atoms with Crippen LogP contribution in [0.1, 0.15) is 81.1 Å². The predicted molar refractivity (Wildman–Crippen MR) is 117 cm³/mol. The molecule has 0 bridgehead atoms. The van der Waals surface area contributed by atoms with Gasteiger partial charge in [0.15, 0.2) is 5.78 Å². The number of aliphatic carboxylic acids is 1. The van der Waals surface area contributed by atoms with Crippen molar-refractivity contribution >= 4 is 23.5 Å². The number of rotatable bonds is 15. The van der Waals surface area contributed by atoms with E-state index in [4.69, 9.17) is 0 Å². The first-order valence-electron chi connectivity index (χ1n) is 10.5. The molecule has 3 unspecified atom stereocenters. The Morgan fingerprint density at radius 2 is 1.48 bits per heavy atom. The molecule has 0 aromatic rings. The second-order valence-corrected chi connectivity index (χ2v) is 9.20. The first-order valence-corrected chi connectivity index (χ1v) is 11.6. The lowest BCUT2D eigenvalue weighted by molar-refractivity contribution is -0.142. The van der Waals surface area contributed by atoms with Gasteiger partial charge in [0.25, 0.3) is 0 Å². The Balaban J connectivity index is 5.54. The van der Waals surface area contributed by atoms with Crippen molar-refractivity contribution in [3.05, 3.63) is 0 Å². The van der Waals surface area contributed by atoms with Gasteiger partial charge in [-0.05, 0) is 57.0 Å². The van der Waals surface area contributed by atoms with Crippen molar-refractivity contribution in [3.8, 4) is 0 Å². The minimum atomic E-state index is -0.883. The van der Waals surface area contributed by atoms with E-state index in [1.165, 1.54) is 0 Å². The zero-order chi connectivity index (χ0) is 21.3. The number of carbonyl (C=O) groups excluding carboxylic acids is 1. The molecule has 0 aliphatic heterocycles. The van der Waals surface area contributed by atoms with Crippen LogP contribution in [-0.2, 0) is 9.59 Å². The van der Waals surface area contributed by atoms with Gasteiger partial charge in [-0.25, -0.2) is 0 Å². The summed E-state index contributed by atoms with van der Waals surface area (Å²) in [5, 5.41) is 16.5. The molecular weight excluding hydrogens is 360 g/mol. The number of hydrogen-bond donors (Lipinski definition) is 3. The zero-order valence-electron chi connectivity index (χ0n) is 18.6. The van der Waals surface area contributed by atoms with Crippen LogP contribution in [-0.4, -0.2) is 51.5 Å². The molecule has 0 saturated heterocycles. The molecule has 0 amide bonds. The lowest BCUT2D eigenvalue weighted by atomic mass is 9.81. The summed E-state index contributed by atoms with van der Waals surface area (Å²) in [6.45, 7) is 16.2. The minimum absolute atomic E-state index is 0.0576. The number of Topliss-reactive ketones (excluding diaryl/α,β-unsaturated/α-hetero) is 1. The molecule has 3 atom stereocenters. The van der Waals surface area contributed by atoms with Gasteiger partial charge in [0.1, 0.15) is 6.04 Å². The van der Waals surface area contributed by atoms with Gasteiger partial charge in [0.05, 0.1) is 11.6 Å². The molecule has 0 aliphatic rings. The molecule has 0 spiro atoms. The van der Waals surface area contributed by atoms with Crippen LogP contribution in [0.25, 0.3) is 0 Å². The summed E-state index contributed by atoms with van der Waals surface area (Å²) in [4.78, 5) is 25.3. The summed E-state index contributed by atoms with van der Waals surface area (Å²) in [5.41, 5.74) is -0.928. The highest BCUT2D eigenvalue weighted by Crippen LogP contribution is 2.24. The van der Waals surface area contributed by atoms with E-state index < -0.39 is 17.6 Å². The maximum absolute atomic E-state index is 13.4. The van der Waals surface area contributed by atoms with E-state index in [2.05, 4.69) is 38.3 Å². The highest BCUT2D eigenvalue weighted by Gasteiger charge is 2.42. The Labute approximate surface area is 170 Å². The molecule has 5 nitrogen and oxygen atoms in total. The van der Waals surface area contributed by atoms with E-state index in [0.717, 1.165) is 24.3 Å². The summed E-state index contributed by atoms with van der Waals surface area (Å²) in [5.74, 6) is 0.830. The zero-order valence-corrected chi connectivity index (χ0v) is 19.5. The van der Waals surface area contributed by atoms with E-state index >= 15 is 0 Å². The lowest BCUT2D eigenvalue weighted by Gasteiger charge is -2.40. The molecule has 0 heterocycles. The summed E-state index contributed by atoms with van der Waals surface area (Å²) >= 11 is 1.73. The third kappa shape index (κ3) is 7.39. The largest absolute Gasteiger partial charge is 0.480 e. The van der Waals surface area contributed by atoms with E-state index in [1.54, 1.807) is 11.8 Å². The van der Waals surface area contributed by atoms with Crippen molar-refractivity contribution in [1.82, 2.24) is 10.6 Å². The summed E-state index contributed by atoms with van der Waals surface area (Å²) in [7, 11) is 0. The molecule has 0 saturated carbocycles. The molecule has 6 heteroatoms. The van der Waals surface area contributed by atoms with Crippen molar-refractivity contribution in [2.24, 2.45) is 5.92 Å². The fraction of sp³-hybridized carbons (Fsp3) is 0.905. The van der Waals surface area contributed by atoms with Crippen LogP contribution in [0.5, 0.6) is 0 Å². The SMILES string of the molecule is CCSCC(C)C(NC(CC)(CC)C(=O)C(C)NC(C)(CC)CC)C(=O)O. The molecule has 160 valence electrons. The Morgan fingerprint density at radius 3 is 1.85 bits per heavy atom. The summed E-state index contributed by atoms with van der Waals surface area (Å²) < 4.78 is 0. The molecule has 0 aliphatic carbocycles. The molecule has 0 fully saturated rings. The molecule has 0 rings (SSSR count). The minimum Gasteiger partial charge on any atom is -0.480 e. The quantitative estimate of drug-likeness (QED) is 0.383. The average Bonchev–Trinajstić information content (AvgIpc) is 2.66. The maximum Gasteiger partial charge on any atom is 0.321 e. The van der Waals surface area contributed by atoms with Gasteiger partial charge >= 0.3 is 5.97 Å². The second-order valence-electron chi connectivity index (χ2n) is 7.88. The van der Waals surface area contributed by atoms with E-state index in [9.17, 15) is 14.7 Å². The van der Waals surface area contributed by atoms with Gasteiger partial charge in [-0.3, -0.25) is 14.9 Å². The third-order valence-electron chi connectivity index (χ3n) is 6.05. The van der Waals surface area contributed by atoms with Gasteiger partial charge < -0.3 is 10.4 Å². The van der Waals surface area contributed by atoms with E-state index in [-0.39, 0.29) is 23.3 Å². The van der Waals surface area contributed by atoms with Gasteiger partial charge in [-0.2, -0.15) is 11.8 Å². The van der Waals surface area contributed by atoms with Crippen molar-refractivity contribution in [2.45, 2.75) is 104 Å². The highest BCUT2D eigenvalue weighted by atomic mass is 32.2. The lowest BCUT2D eigenvalue weighted by Crippen LogP contribution is -2.64. The number of thioether (sulfide) groups is 1. The van der Waals surface area contributed by atoms with Crippen LogP contribution in [0, 0.1) is 5.92 Å². The Morgan fingerprint density at radius 1 is 0.963 bits per heavy atom. The van der Waals surface area contributed by atoms with Crippen LogP contribution in [0.15, 0.2) is 0 Å². The van der Waals surface area contributed by atoms with Gasteiger partial charge in [-0.1, -0.05) is 41.5 Å². The second kappa shape index (κ2) is 12.1. The number of hydrogen-bond acceptors (Lipinski definition) is 5. The van der Waals surface area contributed by atoms with Crippen LogP contribution < -0.4 is 10.6 Å². The Kier molecular flexibility index (Phi) is 11.8. The summed E-state index contributed by atoms with van der Waals surface area (Å²) in [6, 6.07) is -1.07. The van der Waals surface area contributed by atoms with Crippen LogP contribution in [0.2, 0.25) is 0 Å². The number of carboxylic acids is 1. The topological polar surface area (TPSA) is 78.4 Å². The Bertz CT molecular complexity index is 462. The first-order chi connectivity index (χ1) is 12.6. The maximum atomic E-state index is 13.4. The van der Waals surface area contributed by atoms with Crippen molar-refractivity contribution in [1.29, 1.82) is 0 Å². The van der Waals surface area contributed by atoms with Crippen molar-refractivity contribution in [2.75, 3.05) is 11.5 Å². The number of ketones is 1. The fourth-order valence-electron chi connectivity index (χ4n) is 3.48.